The topological polar surface area (TPSA) is 88.5 Å². The van der Waals surface area contributed by atoms with Crippen LogP contribution in [0.4, 0.5) is 6.01 Å². The lowest BCUT2D eigenvalue weighted by Gasteiger charge is -2.42. The van der Waals surface area contributed by atoms with Crippen LogP contribution in [0.2, 0.25) is 0 Å². The van der Waals surface area contributed by atoms with Crippen molar-refractivity contribution >= 4 is 11.9 Å². The van der Waals surface area contributed by atoms with Crippen molar-refractivity contribution in [1.82, 2.24) is 20.0 Å². The Bertz CT molecular complexity index is 572. The number of nitrogens with zero attached hydrogens (tertiary/aromatic N) is 4. The van der Waals surface area contributed by atoms with Gasteiger partial charge >= 0.3 is 6.01 Å². The van der Waals surface area contributed by atoms with Crippen LogP contribution in [0.15, 0.2) is 4.42 Å². The molecule has 2 aliphatic heterocycles. The average molecular weight is 335 g/mol. The van der Waals surface area contributed by atoms with Crippen LogP contribution in [0, 0.1) is 5.41 Å². The van der Waals surface area contributed by atoms with Crippen molar-refractivity contribution in [2.45, 2.75) is 58.4 Å². The number of amides is 1. The van der Waals surface area contributed by atoms with Crippen molar-refractivity contribution in [2.24, 2.45) is 5.41 Å². The van der Waals surface area contributed by atoms with Crippen LogP contribution in [-0.4, -0.2) is 58.1 Å². The third kappa shape index (κ3) is 3.88. The molecule has 0 bridgehead atoms. The van der Waals surface area contributed by atoms with Gasteiger partial charge in [-0.3, -0.25) is 9.69 Å². The number of nitrogens with two attached hydrogens (primary N) is 1. The molecule has 2 saturated heterocycles. The normalized spacial score (nSPS) is 24.5. The molecule has 3 rings (SSSR count). The van der Waals surface area contributed by atoms with Gasteiger partial charge in [0.2, 0.25) is 11.8 Å². The highest BCUT2D eigenvalue weighted by atomic mass is 16.4. The van der Waals surface area contributed by atoms with Crippen LogP contribution in [0.3, 0.4) is 0 Å². The summed E-state index contributed by atoms with van der Waals surface area (Å²) in [5, 5.41) is 7.75. The molecule has 7 nitrogen and oxygen atoms in total. The maximum absolute atomic E-state index is 12.9. The molecular formula is C17H29N5O2. The van der Waals surface area contributed by atoms with Gasteiger partial charge in [0.15, 0.2) is 0 Å². The number of piperidine rings is 2. The lowest BCUT2D eigenvalue weighted by Crippen LogP contribution is -2.55. The summed E-state index contributed by atoms with van der Waals surface area (Å²) >= 11 is 0. The monoisotopic (exact) mass is 335 g/mol. The number of hydrogen-bond acceptors (Lipinski definition) is 6. The Kier molecular flexibility index (Phi) is 4.80. The SMILES string of the molecule is CC(C)(C)CN1CCCC(N2CCC(c3nnc(N)o3)CC2)C1=O. The molecule has 3 heterocycles. The van der Waals surface area contributed by atoms with Crippen molar-refractivity contribution in [3.05, 3.63) is 5.89 Å². The molecule has 0 aliphatic carbocycles. The molecule has 7 heteroatoms. The molecule has 2 fully saturated rings. The first-order chi connectivity index (χ1) is 11.3. The second-order valence-electron chi connectivity index (χ2n) is 8.27. The van der Waals surface area contributed by atoms with Crippen LogP contribution in [0.25, 0.3) is 0 Å². The number of anilines is 1. The number of likely N-dealkylation sites (tertiary alicyclic amines) is 2. The van der Waals surface area contributed by atoms with Crippen LogP contribution >= 0.6 is 0 Å². The van der Waals surface area contributed by atoms with E-state index >= 15 is 0 Å². The minimum Gasteiger partial charge on any atom is -0.408 e. The fraction of sp³-hybridized carbons (Fsp3) is 0.824. The summed E-state index contributed by atoms with van der Waals surface area (Å²) in [6.45, 7) is 10.1. The summed E-state index contributed by atoms with van der Waals surface area (Å²) < 4.78 is 5.36. The van der Waals surface area contributed by atoms with Crippen molar-refractivity contribution in [2.75, 3.05) is 31.9 Å². The van der Waals surface area contributed by atoms with E-state index in [4.69, 9.17) is 10.2 Å². The predicted molar refractivity (Wildman–Crippen MR) is 91.3 cm³/mol. The summed E-state index contributed by atoms with van der Waals surface area (Å²) in [6.07, 6.45) is 3.93. The van der Waals surface area contributed by atoms with Gasteiger partial charge in [0.1, 0.15) is 0 Å². The number of aromatic nitrogens is 2. The van der Waals surface area contributed by atoms with Gasteiger partial charge in [-0.1, -0.05) is 25.9 Å². The van der Waals surface area contributed by atoms with Crippen molar-refractivity contribution in [3.8, 4) is 0 Å². The molecule has 0 saturated carbocycles. The van der Waals surface area contributed by atoms with Crippen molar-refractivity contribution < 1.29 is 9.21 Å². The number of carbonyl (C=O) groups excluding carboxylic acids is 1. The van der Waals surface area contributed by atoms with Gasteiger partial charge in [-0.05, 0) is 44.2 Å². The molecule has 0 aromatic carbocycles. The number of nitrogen functional groups attached to an aromatic ring is 1. The fourth-order valence-corrected chi connectivity index (χ4v) is 3.86. The number of carbonyl (C=O) groups is 1. The molecule has 0 radical (unpaired) electrons. The van der Waals surface area contributed by atoms with Gasteiger partial charge in [-0.2, -0.15) is 0 Å². The van der Waals surface area contributed by atoms with Gasteiger partial charge in [0, 0.05) is 19.0 Å². The molecular weight excluding hydrogens is 306 g/mol. The van der Waals surface area contributed by atoms with E-state index in [9.17, 15) is 4.79 Å². The third-order valence-electron chi connectivity index (χ3n) is 4.94. The third-order valence-corrected chi connectivity index (χ3v) is 4.94. The molecule has 1 unspecified atom stereocenters. The maximum atomic E-state index is 12.9. The zero-order chi connectivity index (χ0) is 17.3. The lowest BCUT2D eigenvalue weighted by atomic mass is 9.91. The van der Waals surface area contributed by atoms with Crippen LogP contribution in [-0.2, 0) is 4.79 Å². The Hall–Kier alpha value is -1.63. The highest BCUT2D eigenvalue weighted by Crippen LogP contribution is 2.30. The van der Waals surface area contributed by atoms with Gasteiger partial charge in [-0.15, -0.1) is 5.10 Å². The first-order valence-electron chi connectivity index (χ1n) is 8.95. The molecule has 0 spiro atoms. The van der Waals surface area contributed by atoms with E-state index in [1.807, 2.05) is 0 Å². The quantitative estimate of drug-likeness (QED) is 0.907. The van der Waals surface area contributed by atoms with Gasteiger partial charge < -0.3 is 15.1 Å². The van der Waals surface area contributed by atoms with Crippen molar-refractivity contribution in [1.29, 1.82) is 0 Å². The summed E-state index contributed by atoms with van der Waals surface area (Å²) in [6, 6.07) is 0.169. The van der Waals surface area contributed by atoms with E-state index in [0.29, 0.717) is 11.8 Å². The average Bonchev–Trinajstić information content (AvgIpc) is 2.95. The number of rotatable bonds is 3. The molecule has 1 amide bonds. The largest absolute Gasteiger partial charge is 0.408 e. The second-order valence-corrected chi connectivity index (χ2v) is 8.27. The highest BCUT2D eigenvalue weighted by molar-refractivity contribution is 5.82. The van der Waals surface area contributed by atoms with Gasteiger partial charge in [0.05, 0.1) is 6.04 Å². The van der Waals surface area contributed by atoms with Crippen LogP contribution in [0.1, 0.15) is 58.3 Å². The summed E-state index contributed by atoms with van der Waals surface area (Å²) in [5.41, 5.74) is 5.65. The maximum Gasteiger partial charge on any atom is 0.312 e. The first kappa shape index (κ1) is 17.2. The zero-order valence-electron chi connectivity index (χ0n) is 15.0. The van der Waals surface area contributed by atoms with Gasteiger partial charge in [0.25, 0.3) is 0 Å². The smallest absolute Gasteiger partial charge is 0.312 e. The Labute approximate surface area is 143 Å². The summed E-state index contributed by atoms with van der Waals surface area (Å²) in [7, 11) is 0. The van der Waals surface area contributed by atoms with E-state index in [1.165, 1.54) is 0 Å². The Morgan fingerprint density at radius 3 is 2.46 bits per heavy atom. The number of hydrogen-bond donors (Lipinski definition) is 1. The first-order valence-corrected chi connectivity index (χ1v) is 8.95. The van der Waals surface area contributed by atoms with E-state index < -0.39 is 0 Å². The van der Waals surface area contributed by atoms with Crippen molar-refractivity contribution in [3.63, 3.8) is 0 Å². The minimum absolute atomic E-state index is 0.0369. The summed E-state index contributed by atoms with van der Waals surface area (Å²) in [4.78, 5) is 17.3. The summed E-state index contributed by atoms with van der Waals surface area (Å²) in [5.74, 6) is 1.20. The molecule has 1 aromatic heterocycles. The van der Waals surface area contributed by atoms with E-state index in [1.54, 1.807) is 0 Å². The van der Waals surface area contributed by atoms with E-state index in [0.717, 1.165) is 51.9 Å². The van der Waals surface area contributed by atoms with Crippen LogP contribution in [0.5, 0.6) is 0 Å². The van der Waals surface area contributed by atoms with Crippen LogP contribution < -0.4 is 5.73 Å². The molecule has 1 atom stereocenters. The van der Waals surface area contributed by atoms with Gasteiger partial charge in [-0.25, -0.2) is 0 Å². The zero-order valence-corrected chi connectivity index (χ0v) is 15.0. The predicted octanol–water partition coefficient (Wildman–Crippen LogP) is 1.87. The Balaban J connectivity index is 1.58. The lowest BCUT2D eigenvalue weighted by molar-refractivity contribution is -0.142. The van der Waals surface area contributed by atoms with E-state index in [-0.39, 0.29) is 23.4 Å². The van der Waals surface area contributed by atoms with E-state index in [2.05, 4.69) is 40.8 Å². The molecule has 2 aliphatic rings. The standard InChI is InChI=1S/C17H29N5O2/c1-17(2,3)11-22-8-4-5-13(15(22)23)21-9-6-12(7-10-21)14-19-20-16(18)24-14/h12-13H,4-11H2,1-3H3,(H2,18,20). The minimum atomic E-state index is 0.0369. The second kappa shape index (κ2) is 6.70. The Morgan fingerprint density at radius 2 is 1.88 bits per heavy atom. The molecule has 1 aromatic rings. The molecule has 2 N–H and O–H groups in total. The molecule has 24 heavy (non-hydrogen) atoms. The highest BCUT2D eigenvalue weighted by Gasteiger charge is 2.37. The molecule has 134 valence electrons. The Morgan fingerprint density at radius 1 is 1.17 bits per heavy atom. The fourth-order valence-electron chi connectivity index (χ4n) is 3.86.